The summed E-state index contributed by atoms with van der Waals surface area (Å²) >= 11 is 0. The first-order chi connectivity index (χ1) is 20.1. The lowest BCUT2D eigenvalue weighted by molar-refractivity contribution is -0.164. The standard InChI is InChI=1S/C31H34N4O7/c1-18-27(37)22(16-20-10-5-3-6-11-20)34-29(39)25(35-30(40)26-23(36)14-9-15-32-26)19(2)33-28(38)24(42-31(18)41)17-21-12-7-4-8-13-21/h3-15,18-19,22,24-25,27,36-37H,16-17H2,1-2H3,(H,33,38)(H,34,39)(H,35,40). The van der Waals surface area contributed by atoms with E-state index in [1.807, 2.05) is 36.4 Å². The Morgan fingerprint density at radius 1 is 0.881 bits per heavy atom. The van der Waals surface area contributed by atoms with E-state index in [9.17, 15) is 29.4 Å². The van der Waals surface area contributed by atoms with Crippen molar-refractivity contribution in [1.82, 2.24) is 20.9 Å². The van der Waals surface area contributed by atoms with Gasteiger partial charge in [0.05, 0.1) is 24.1 Å². The Bertz CT molecular complexity index is 1400. The highest BCUT2D eigenvalue weighted by atomic mass is 16.5. The lowest BCUT2D eigenvalue weighted by Crippen LogP contribution is -2.62. The fourth-order valence-corrected chi connectivity index (χ4v) is 4.75. The van der Waals surface area contributed by atoms with E-state index in [4.69, 9.17) is 4.74 Å². The summed E-state index contributed by atoms with van der Waals surface area (Å²) in [4.78, 5) is 57.3. The predicted molar refractivity (Wildman–Crippen MR) is 152 cm³/mol. The molecule has 1 saturated heterocycles. The summed E-state index contributed by atoms with van der Waals surface area (Å²) in [6.45, 7) is 2.98. The number of aromatic nitrogens is 1. The zero-order chi connectivity index (χ0) is 30.2. The van der Waals surface area contributed by atoms with Gasteiger partial charge in [0.1, 0.15) is 11.8 Å². The van der Waals surface area contributed by atoms with Crippen LogP contribution in [0.5, 0.6) is 5.75 Å². The fraction of sp³-hybridized carbons (Fsp3) is 0.323. The van der Waals surface area contributed by atoms with Crippen molar-refractivity contribution in [1.29, 1.82) is 0 Å². The van der Waals surface area contributed by atoms with Crippen molar-refractivity contribution in [2.75, 3.05) is 0 Å². The van der Waals surface area contributed by atoms with Gasteiger partial charge < -0.3 is 30.9 Å². The summed E-state index contributed by atoms with van der Waals surface area (Å²) in [7, 11) is 0. The van der Waals surface area contributed by atoms with Crippen LogP contribution in [0.1, 0.15) is 35.5 Å². The van der Waals surface area contributed by atoms with Crippen molar-refractivity contribution in [2.45, 2.75) is 57.0 Å². The first kappa shape index (κ1) is 30.2. The molecule has 0 spiro atoms. The van der Waals surface area contributed by atoms with Crippen LogP contribution in [0.3, 0.4) is 0 Å². The van der Waals surface area contributed by atoms with Gasteiger partial charge in [0.15, 0.2) is 11.8 Å². The number of carbonyl (C=O) groups is 4. The molecule has 1 aromatic heterocycles. The molecule has 5 N–H and O–H groups in total. The molecule has 6 atom stereocenters. The molecular weight excluding hydrogens is 540 g/mol. The molecule has 220 valence electrons. The highest BCUT2D eigenvalue weighted by Gasteiger charge is 2.39. The van der Waals surface area contributed by atoms with Gasteiger partial charge in [-0.3, -0.25) is 19.2 Å². The Morgan fingerprint density at radius 3 is 2.12 bits per heavy atom. The Morgan fingerprint density at radius 2 is 1.50 bits per heavy atom. The molecule has 3 amide bonds. The molecule has 11 heteroatoms. The number of nitrogens with one attached hydrogen (secondary N) is 3. The zero-order valence-corrected chi connectivity index (χ0v) is 23.3. The summed E-state index contributed by atoms with van der Waals surface area (Å²) in [5.41, 5.74) is 1.21. The van der Waals surface area contributed by atoms with E-state index < -0.39 is 59.9 Å². The number of aliphatic hydroxyl groups excluding tert-OH is 1. The summed E-state index contributed by atoms with van der Waals surface area (Å²) < 4.78 is 5.64. The minimum atomic E-state index is -1.40. The van der Waals surface area contributed by atoms with Gasteiger partial charge in [0, 0.05) is 12.6 Å². The maximum Gasteiger partial charge on any atom is 0.312 e. The first-order valence-electron chi connectivity index (χ1n) is 13.7. The number of benzene rings is 2. The van der Waals surface area contributed by atoms with Crippen molar-refractivity contribution in [2.24, 2.45) is 5.92 Å². The molecule has 3 aromatic rings. The number of hydrogen-bond donors (Lipinski definition) is 5. The Hall–Kier alpha value is -4.77. The summed E-state index contributed by atoms with van der Waals surface area (Å²) in [5.74, 6) is -4.54. The van der Waals surface area contributed by atoms with E-state index in [1.165, 1.54) is 32.2 Å². The second-order valence-corrected chi connectivity index (χ2v) is 10.3. The number of aliphatic hydroxyl groups is 1. The molecule has 0 saturated carbocycles. The fourth-order valence-electron chi connectivity index (χ4n) is 4.75. The second kappa shape index (κ2) is 13.7. The zero-order valence-electron chi connectivity index (χ0n) is 23.3. The van der Waals surface area contributed by atoms with Crippen LogP contribution in [0.25, 0.3) is 0 Å². The number of rotatable bonds is 6. The average molecular weight is 575 g/mol. The molecular formula is C31H34N4O7. The lowest BCUT2D eigenvalue weighted by Gasteiger charge is -2.33. The van der Waals surface area contributed by atoms with Gasteiger partial charge in [0.25, 0.3) is 11.8 Å². The molecule has 2 aromatic carbocycles. The van der Waals surface area contributed by atoms with E-state index in [1.54, 1.807) is 24.3 Å². The molecule has 0 aliphatic carbocycles. The van der Waals surface area contributed by atoms with Gasteiger partial charge in [-0.2, -0.15) is 0 Å². The van der Waals surface area contributed by atoms with Crippen LogP contribution < -0.4 is 16.0 Å². The van der Waals surface area contributed by atoms with Gasteiger partial charge >= 0.3 is 5.97 Å². The van der Waals surface area contributed by atoms with Gasteiger partial charge in [-0.15, -0.1) is 0 Å². The second-order valence-electron chi connectivity index (χ2n) is 10.3. The number of carbonyl (C=O) groups excluding carboxylic acids is 4. The summed E-state index contributed by atoms with van der Waals surface area (Å²) in [5, 5.41) is 29.4. The minimum absolute atomic E-state index is 0.0480. The molecule has 4 rings (SSSR count). The maximum absolute atomic E-state index is 13.7. The third kappa shape index (κ3) is 7.49. The molecule has 1 aliphatic heterocycles. The summed E-state index contributed by atoms with van der Waals surface area (Å²) in [6, 6.07) is 17.5. The number of pyridine rings is 1. The molecule has 42 heavy (non-hydrogen) atoms. The number of esters is 1. The van der Waals surface area contributed by atoms with Crippen molar-refractivity contribution >= 4 is 23.7 Å². The molecule has 6 unspecified atom stereocenters. The number of hydrogen-bond acceptors (Lipinski definition) is 8. The van der Waals surface area contributed by atoms with Crippen LogP contribution in [-0.4, -0.2) is 69.2 Å². The normalized spacial score (nSPS) is 25.2. The number of amides is 3. The van der Waals surface area contributed by atoms with Gasteiger partial charge in [-0.05, 0) is 43.5 Å². The maximum atomic E-state index is 13.7. The average Bonchev–Trinajstić information content (AvgIpc) is 2.99. The monoisotopic (exact) mass is 574 g/mol. The number of nitrogens with zero attached hydrogens (tertiary/aromatic N) is 1. The van der Waals surface area contributed by atoms with Gasteiger partial charge in [-0.25, -0.2) is 4.98 Å². The van der Waals surface area contributed by atoms with Gasteiger partial charge in [-0.1, -0.05) is 60.7 Å². The van der Waals surface area contributed by atoms with Crippen molar-refractivity contribution in [3.63, 3.8) is 0 Å². The molecule has 1 aliphatic rings. The molecule has 0 bridgehead atoms. The topological polar surface area (TPSA) is 167 Å². The number of ether oxygens (including phenoxy) is 1. The first-order valence-corrected chi connectivity index (χ1v) is 13.7. The number of aromatic hydroxyl groups is 1. The smallest absolute Gasteiger partial charge is 0.312 e. The highest BCUT2D eigenvalue weighted by Crippen LogP contribution is 2.19. The van der Waals surface area contributed by atoms with E-state index in [0.29, 0.717) is 0 Å². The minimum Gasteiger partial charge on any atom is -0.505 e. The van der Waals surface area contributed by atoms with Crippen LogP contribution in [-0.2, 0) is 32.0 Å². The van der Waals surface area contributed by atoms with Crippen LogP contribution in [0.2, 0.25) is 0 Å². The van der Waals surface area contributed by atoms with Crippen molar-refractivity contribution in [3.8, 4) is 5.75 Å². The third-order valence-electron chi connectivity index (χ3n) is 7.18. The molecule has 0 radical (unpaired) electrons. The van der Waals surface area contributed by atoms with E-state index in [-0.39, 0.29) is 24.3 Å². The Labute approximate surface area is 243 Å². The van der Waals surface area contributed by atoms with Gasteiger partial charge in [0.2, 0.25) is 5.91 Å². The predicted octanol–water partition coefficient (Wildman–Crippen LogP) is 1.28. The Kier molecular flexibility index (Phi) is 9.87. The number of cyclic esters (lactones) is 1. The molecule has 2 heterocycles. The SMILES string of the molecule is CC1NC(=O)C(Cc2ccccc2)OC(=O)C(C)C(O)C(Cc2ccccc2)NC(=O)C1NC(=O)c1ncccc1O. The Balaban J connectivity index is 1.69. The molecule has 1 fully saturated rings. The van der Waals surface area contributed by atoms with Crippen LogP contribution in [0.4, 0.5) is 0 Å². The van der Waals surface area contributed by atoms with Crippen LogP contribution >= 0.6 is 0 Å². The van der Waals surface area contributed by atoms with E-state index in [0.717, 1.165) is 11.1 Å². The quantitative estimate of drug-likeness (QED) is 0.275. The molecule has 11 nitrogen and oxygen atoms in total. The van der Waals surface area contributed by atoms with Crippen LogP contribution in [0, 0.1) is 5.92 Å². The largest absolute Gasteiger partial charge is 0.505 e. The van der Waals surface area contributed by atoms with Crippen molar-refractivity contribution < 1.29 is 34.1 Å². The highest BCUT2D eigenvalue weighted by molar-refractivity contribution is 5.98. The lowest BCUT2D eigenvalue weighted by atomic mass is 9.92. The van der Waals surface area contributed by atoms with Crippen LogP contribution in [0.15, 0.2) is 79.0 Å². The summed E-state index contributed by atoms with van der Waals surface area (Å²) in [6.07, 6.45) is -1.14. The third-order valence-corrected chi connectivity index (χ3v) is 7.18. The van der Waals surface area contributed by atoms with E-state index in [2.05, 4.69) is 20.9 Å². The van der Waals surface area contributed by atoms with E-state index >= 15 is 0 Å². The van der Waals surface area contributed by atoms with Crippen molar-refractivity contribution in [3.05, 3.63) is 95.8 Å².